The molecule has 5 rings (SSSR count). The Bertz CT molecular complexity index is 1140. The van der Waals surface area contributed by atoms with Gasteiger partial charge in [-0.15, -0.1) is 0 Å². The van der Waals surface area contributed by atoms with Gasteiger partial charge in [-0.3, -0.25) is 4.79 Å². The lowest BCUT2D eigenvalue weighted by Gasteiger charge is -2.25. The molecule has 2 N–H and O–H groups in total. The van der Waals surface area contributed by atoms with E-state index in [2.05, 4.69) is 39.7 Å². The molecule has 0 bridgehead atoms. The number of fused-ring (bicyclic) bond motifs is 3. The van der Waals surface area contributed by atoms with Crippen molar-refractivity contribution in [2.75, 3.05) is 19.8 Å². The standard InChI is InChI=1S/C24H23N3O6/c28-21(29)10-9-20-25-22(27-33-20)24(11-12-31-14-24)26-23(30)32-13-19-17-7-3-1-5-15(17)16-6-2-4-8-18(16)19/h1-8,19H,9-14H2,(H,26,30)(H,28,29). The van der Waals surface area contributed by atoms with Gasteiger partial charge in [-0.1, -0.05) is 53.7 Å². The maximum atomic E-state index is 12.8. The SMILES string of the molecule is O=C(O)CCc1nc(C2(NC(=O)OCC3c4ccccc4-c4ccccc43)CCOC2)no1. The molecule has 9 nitrogen and oxygen atoms in total. The van der Waals surface area contributed by atoms with E-state index < -0.39 is 17.6 Å². The molecule has 0 radical (unpaired) electrons. The average molecular weight is 449 g/mol. The minimum atomic E-state index is -0.979. The normalized spacial score (nSPS) is 19.2. The van der Waals surface area contributed by atoms with Crippen molar-refractivity contribution in [3.05, 3.63) is 71.4 Å². The summed E-state index contributed by atoms with van der Waals surface area (Å²) in [5.41, 5.74) is 3.60. The number of hydrogen-bond donors (Lipinski definition) is 2. The van der Waals surface area contributed by atoms with Crippen molar-refractivity contribution in [2.24, 2.45) is 0 Å². The predicted octanol–water partition coefficient (Wildman–Crippen LogP) is 3.24. The Morgan fingerprint density at radius 3 is 2.45 bits per heavy atom. The zero-order valence-corrected chi connectivity index (χ0v) is 17.8. The molecule has 3 aromatic rings. The van der Waals surface area contributed by atoms with Crippen LogP contribution < -0.4 is 5.32 Å². The number of aryl methyl sites for hydroxylation is 1. The van der Waals surface area contributed by atoms with Crippen LogP contribution in [0, 0.1) is 0 Å². The first-order valence-corrected chi connectivity index (χ1v) is 10.8. The monoisotopic (exact) mass is 449 g/mol. The van der Waals surface area contributed by atoms with Gasteiger partial charge in [-0.05, 0) is 22.3 Å². The van der Waals surface area contributed by atoms with Crippen LogP contribution in [0.2, 0.25) is 0 Å². The highest BCUT2D eigenvalue weighted by Crippen LogP contribution is 2.44. The third kappa shape index (κ3) is 4.07. The molecule has 2 heterocycles. The minimum absolute atomic E-state index is 0.0493. The van der Waals surface area contributed by atoms with Gasteiger partial charge >= 0.3 is 12.1 Å². The van der Waals surface area contributed by atoms with Crippen molar-refractivity contribution in [1.82, 2.24) is 15.5 Å². The first kappa shape index (κ1) is 21.1. The van der Waals surface area contributed by atoms with Gasteiger partial charge in [0.25, 0.3) is 0 Å². The van der Waals surface area contributed by atoms with Gasteiger partial charge in [-0.2, -0.15) is 4.98 Å². The van der Waals surface area contributed by atoms with Crippen LogP contribution in [0.4, 0.5) is 4.79 Å². The molecule has 2 aliphatic rings. The summed E-state index contributed by atoms with van der Waals surface area (Å²) in [5.74, 6) is -0.543. The smallest absolute Gasteiger partial charge is 0.408 e. The quantitative estimate of drug-likeness (QED) is 0.563. The summed E-state index contributed by atoms with van der Waals surface area (Å²) in [6, 6.07) is 16.3. The van der Waals surface area contributed by atoms with Gasteiger partial charge in [0.15, 0.2) is 5.82 Å². The highest BCUT2D eigenvalue weighted by molar-refractivity contribution is 5.79. The van der Waals surface area contributed by atoms with E-state index in [1.54, 1.807) is 0 Å². The number of amides is 1. The first-order valence-electron chi connectivity index (χ1n) is 10.8. The van der Waals surface area contributed by atoms with Crippen LogP contribution in [0.15, 0.2) is 53.1 Å². The molecule has 0 spiro atoms. The van der Waals surface area contributed by atoms with Crippen molar-refractivity contribution < 1.29 is 28.7 Å². The highest BCUT2D eigenvalue weighted by Gasteiger charge is 2.43. The Balaban J connectivity index is 1.29. The van der Waals surface area contributed by atoms with E-state index in [-0.39, 0.29) is 43.7 Å². The van der Waals surface area contributed by atoms with Crippen molar-refractivity contribution in [3.63, 3.8) is 0 Å². The van der Waals surface area contributed by atoms with Crippen molar-refractivity contribution >= 4 is 12.1 Å². The van der Waals surface area contributed by atoms with Crippen molar-refractivity contribution in [1.29, 1.82) is 0 Å². The van der Waals surface area contributed by atoms with Gasteiger partial charge in [0.2, 0.25) is 5.89 Å². The third-order valence-corrected chi connectivity index (χ3v) is 6.16. The van der Waals surface area contributed by atoms with E-state index in [1.165, 1.54) is 0 Å². The second-order valence-corrected chi connectivity index (χ2v) is 8.24. The zero-order valence-electron chi connectivity index (χ0n) is 17.8. The van der Waals surface area contributed by atoms with Crippen LogP contribution in [0.5, 0.6) is 0 Å². The number of carboxylic acids is 1. The molecule has 1 unspecified atom stereocenters. The molecule has 1 fully saturated rings. The Labute approximate surface area is 189 Å². The zero-order chi connectivity index (χ0) is 22.8. The van der Waals surface area contributed by atoms with Gasteiger partial charge in [0.1, 0.15) is 12.1 Å². The Morgan fingerprint density at radius 1 is 1.12 bits per heavy atom. The van der Waals surface area contributed by atoms with Crippen LogP contribution in [-0.2, 0) is 26.2 Å². The Kier molecular flexibility index (Phi) is 5.55. The summed E-state index contributed by atoms with van der Waals surface area (Å²) < 4.78 is 16.4. The average Bonchev–Trinajstić information content (AvgIpc) is 3.55. The number of nitrogens with zero attached hydrogens (tertiary/aromatic N) is 2. The van der Waals surface area contributed by atoms with Crippen molar-refractivity contribution in [3.8, 4) is 11.1 Å². The lowest BCUT2D eigenvalue weighted by Crippen LogP contribution is -2.47. The molecule has 1 aliphatic heterocycles. The lowest BCUT2D eigenvalue weighted by atomic mass is 9.97. The summed E-state index contributed by atoms with van der Waals surface area (Å²) in [5, 5.41) is 15.7. The first-order chi connectivity index (χ1) is 16.1. The van der Waals surface area contributed by atoms with E-state index in [0.29, 0.717) is 13.0 Å². The van der Waals surface area contributed by atoms with Gasteiger partial charge in [0, 0.05) is 25.4 Å². The summed E-state index contributed by atoms with van der Waals surface area (Å²) in [7, 11) is 0. The molecular weight excluding hydrogens is 426 g/mol. The number of carbonyl (C=O) groups is 2. The number of carbonyl (C=O) groups excluding carboxylic acids is 1. The molecule has 170 valence electrons. The number of aromatic nitrogens is 2. The molecule has 1 saturated heterocycles. The molecule has 1 aliphatic carbocycles. The van der Waals surface area contributed by atoms with E-state index >= 15 is 0 Å². The number of carboxylic acid groups (broad SMARTS) is 1. The molecule has 2 aromatic carbocycles. The molecule has 1 aromatic heterocycles. The summed E-state index contributed by atoms with van der Waals surface area (Å²) in [4.78, 5) is 27.9. The maximum Gasteiger partial charge on any atom is 0.408 e. The van der Waals surface area contributed by atoms with E-state index in [1.807, 2.05) is 24.3 Å². The Hall–Kier alpha value is -3.72. The second-order valence-electron chi connectivity index (χ2n) is 8.24. The predicted molar refractivity (Wildman–Crippen MR) is 116 cm³/mol. The van der Waals surface area contributed by atoms with Gasteiger partial charge < -0.3 is 24.4 Å². The fraction of sp³-hybridized carbons (Fsp3) is 0.333. The second kappa shape index (κ2) is 8.67. The number of ether oxygens (including phenoxy) is 2. The van der Waals surface area contributed by atoms with Crippen molar-refractivity contribution in [2.45, 2.75) is 30.7 Å². The van der Waals surface area contributed by atoms with Crippen LogP contribution in [0.1, 0.15) is 41.6 Å². The number of hydrogen-bond acceptors (Lipinski definition) is 7. The summed E-state index contributed by atoms with van der Waals surface area (Å²) in [6.07, 6.45) is -0.149. The van der Waals surface area contributed by atoms with Crippen LogP contribution in [0.25, 0.3) is 11.1 Å². The highest BCUT2D eigenvalue weighted by atomic mass is 16.6. The third-order valence-electron chi connectivity index (χ3n) is 6.16. The maximum absolute atomic E-state index is 12.8. The van der Waals surface area contributed by atoms with E-state index in [0.717, 1.165) is 22.3 Å². The molecular formula is C24H23N3O6. The van der Waals surface area contributed by atoms with E-state index in [4.69, 9.17) is 19.1 Å². The number of alkyl carbamates (subject to hydrolysis) is 1. The number of rotatable bonds is 7. The van der Waals surface area contributed by atoms with Crippen LogP contribution >= 0.6 is 0 Å². The summed E-state index contributed by atoms with van der Waals surface area (Å²) in [6.45, 7) is 0.782. The number of aliphatic carboxylic acids is 1. The molecule has 1 amide bonds. The lowest BCUT2D eigenvalue weighted by molar-refractivity contribution is -0.137. The summed E-state index contributed by atoms with van der Waals surface area (Å²) >= 11 is 0. The molecule has 1 atom stereocenters. The van der Waals surface area contributed by atoms with Crippen LogP contribution in [-0.4, -0.2) is 47.1 Å². The molecule has 33 heavy (non-hydrogen) atoms. The van der Waals surface area contributed by atoms with Gasteiger partial charge in [-0.25, -0.2) is 4.79 Å². The fourth-order valence-electron chi connectivity index (χ4n) is 4.49. The number of nitrogens with one attached hydrogen (secondary N) is 1. The number of benzene rings is 2. The fourth-order valence-corrected chi connectivity index (χ4v) is 4.49. The molecule has 0 saturated carbocycles. The van der Waals surface area contributed by atoms with Crippen LogP contribution in [0.3, 0.4) is 0 Å². The van der Waals surface area contributed by atoms with Gasteiger partial charge in [0.05, 0.1) is 13.0 Å². The molecule has 9 heteroatoms. The topological polar surface area (TPSA) is 124 Å². The minimum Gasteiger partial charge on any atom is -0.481 e. The largest absolute Gasteiger partial charge is 0.481 e. The Morgan fingerprint density at radius 2 is 1.82 bits per heavy atom. The van der Waals surface area contributed by atoms with E-state index in [9.17, 15) is 9.59 Å².